The van der Waals surface area contributed by atoms with Gasteiger partial charge in [-0.2, -0.15) is 5.10 Å². The topological polar surface area (TPSA) is 118 Å². The molecule has 0 bridgehead atoms. The van der Waals surface area contributed by atoms with Crippen LogP contribution in [0, 0.1) is 0 Å². The van der Waals surface area contributed by atoms with E-state index in [0.29, 0.717) is 28.5 Å². The lowest BCUT2D eigenvalue weighted by Gasteiger charge is -2.12. The molecule has 0 saturated carbocycles. The van der Waals surface area contributed by atoms with E-state index in [1.807, 2.05) is 54.6 Å². The molecular weight excluding hydrogens is 454 g/mol. The Bertz CT molecular complexity index is 1700. The highest BCUT2D eigenvalue weighted by Gasteiger charge is 2.13. The maximum Gasteiger partial charge on any atom is 0.323 e. The molecule has 3 N–H and O–H groups in total. The van der Waals surface area contributed by atoms with Crippen LogP contribution in [0.5, 0.6) is 11.5 Å². The Kier molecular flexibility index (Phi) is 5.40. The third kappa shape index (κ3) is 4.28. The first-order valence-electron chi connectivity index (χ1n) is 11.2. The van der Waals surface area contributed by atoms with E-state index < -0.39 is 0 Å². The summed E-state index contributed by atoms with van der Waals surface area (Å²) in [6.45, 7) is 0. The van der Waals surface area contributed by atoms with E-state index in [1.165, 1.54) is 6.33 Å². The standard InChI is InChI=1S/C27H19N7O2/c35-27(33-19-9-12-23-17(14-19)4-3-13-28-23)32-18-7-10-20(11-8-18)36-24-6-2-1-5-21(24)25-22-15-31-34-26(22)30-16-29-25/h1-16H,(H2,32,33,35)(H,29,30,31,34). The number of nitrogens with one attached hydrogen (secondary N) is 3. The van der Waals surface area contributed by atoms with Gasteiger partial charge in [0.25, 0.3) is 0 Å². The van der Waals surface area contributed by atoms with Gasteiger partial charge < -0.3 is 15.4 Å². The number of amides is 2. The zero-order valence-electron chi connectivity index (χ0n) is 18.8. The summed E-state index contributed by atoms with van der Waals surface area (Å²) >= 11 is 0. The number of carbonyl (C=O) groups is 1. The van der Waals surface area contributed by atoms with E-state index in [9.17, 15) is 4.79 Å². The molecule has 174 valence electrons. The van der Waals surface area contributed by atoms with Gasteiger partial charge in [0.1, 0.15) is 17.8 Å². The highest BCUT2D eigenvalue weighted by Crippen LogP contribution is 2.35. The van der Waals surface area contributed by atoms with E-state index in [-0.39, 0.29) is 6.03 Å². The molecule has 0 spiro atoms. The Morgan fingerprint density at radius 3 is 2.58 bits per heavy atom. The summed E-state index contributed by atoms with van der Waals surface area (Å²) in [6.07, 6.45) is 4.93. The average Bonchev–Trinajstić information content (AvgIpc) is 3.39. The van der Waals surface area contributed by atoms with Gasteiger partial charge in [-0.1, -0.05) is 18.2 Å². The molecule has 0 saturated heterocycles. The van der Waals surface area contributed by atoms with Crippen LogP contribution in [0.2, 0.25) is 0 Å². The number of para-hydroxylation sites is 1. The van der Waals surface area contributed by atoms with Crippen LogP contribution in [0.15, 0.2) is 97.6 Å². The molecule has 6 aromatic rings. The van der Waals surface area contributed by atoms with Gasteiger partial charge in [0.05, 0.1) is 22.8 Å². The van der Waals surface area contributed by atoms with E-state index >= 15 is 0 Å². The lowest BCUT2D eigenvalue weighted by atomic mass is 10.1. The van der Waals surface area contributed by atoms with Crippen LogP contribution in [0.25, 0.3) is 33.2 Å². The molecule has 3 aromatic carbocycles. The number of fused-ring (bicyclic) bond motifs is 2. The number of hydrogen-bond acceptors (Lipinski definition) is 6. The molecule has 3 aromatic heterocycles. The van der Waals surface area contributed by atoms with Gasteiger partial charge in [-0.05, 0) is 60.7 Å². The predicted octanol–water partition coefficient (Wildman–Crippen LogP) is 6.00. The van der Waals surface area contributed by atoms with Crippen molar-refractivity contribution in [3.63, 3.8) is 0 Å². The number of pyridine rings is 1. The van der Waals surface area contributed by atoms with E-state index in [2.05, 4.69) is 35.8 Å². The zero-order chi connectivity index (χ0) is 24.3. The summed E-state index contributed by atoms with van der Waals surface area (Å²) in [4.78, 5) is 25.4. The molecule has 3 heterocycles. The summed E-state index contributed by atoms with van der Waals surface area (Å²) in [6, 6.07) is 23.8. The minimum Gasteiger partial charge on any atom is -0.457 e. The first-order chi connectivity index (χ1) is 17.7. The fourth-order valence-corrected chi connectivity index (χ4v) is 3.91. The van der Waals surface area contributed by atoms with Crippen LogP contribution in [-0.4, -0.2) is 31.2 Å². The number of rotatable bonds is 5. The van der Waals surface area contributed by atoms with Crippen molar-refractivity contribution >= 4 is 39.3 Å². The van der Waals surface area contributed by atoms with Gasteiger partial charge >= 0.3 is 6.03 Å². The Morgan fingerprint density at radius 1 is 0.833 bits per heavy atom. The second kappa shape index (κ2) is 9.15. The molecule has 2 amide bonds. The largest absolute Gasteiger partial charge is 0.457 e. The number of aromatic nitrogens is 5. The summed E-state index contributed by atoms with van der Waals surface area (Å²) in [5, 5.41) is 14.4. The van der Waals surface area contributed by atoms with Crippen LogP contribution >= 0.6 is 0 Å². The normalized spacial score (nSPS) is 10.9. The van der Waals surface area contributed by atoms with Gasteiger partial charge in [-0.3, -0.25) is 10.1 Å². The first kappa shape index (κ1) is 21.2. The van der Waals surface area contributed by atoms with Gasteiger partial charge in [0.15, 0.2) is 5.65 Å². The summed E-state index contributed by atoms with van der Waals surface area (Å²) in [5.41, 5.74) is 4.38. The molecule has 9 nitrogen and oxygen atoms in total. The third-order valence-electron chi connectivity index (χ3n) is 5.59. The van der Waals surface area contributed by atoms with Crippen molar-refractivity contribution in [3.05, 3.63) is 97.6 Å². The van der Waals surface area contributed by atoms with Crippen molar-refractivity contribution in [1.82, 2.24) is 25.1 Å². The van der Waals surface area contributed by atoms with Gasteiger partial charge in [0, 0.05) is 28.5 Å². The van der Waals surface area contributed by atoms with E-state index in [4.69, 9.17) is 4.74 Å². The van der Waals surface area contributed by atoms with Crippen LogP contribution in [0.4, 0.5) is 16.2 Å². The molecule has 0 aliphatic carbocycles. The highest BCUT2D eigenvalue weighted by atomic mass is 16.5. The van der Waals surface area contributed by atoms with Crippen LogP contribution in [0.3, 0.4) is 0 Å². The van der Waals surface area contributed by atoms with Gasteiger partial charge in [0.2, 0.25) is 0 Å². The Morgan fingerprint density at radius 2 is 1.67 bits per heavy atom. The third-order valence-corrected chi connectivity index (χ3v) is 5.59. The number of hydrogen-bond donors (Lipinski definition) is 3. The molecule has 0 radical (unpaired) electrons. The molecule has 0 fully saturated rings. The van der Waals surface area contributed by atoms with Crippen LogP contribution in [-0.2, 0) is 0 Å². The monoisotopic (exact) mass is 473 g/mol. The maximum absolute atomic E-state index is 12.5. The van der Waals surface area contributed by atoms with Gasteiger partial charge in [-0.25, -0.2) is 14.8 Å². The fourth-order valence-electron chi connectivity index (χ4n) is 3.91. The molecule has 0 unspecified atom stereocenters. The molecule has 6 rings (SSSR count). The molecule has 0 atom stereocenters. The number of aromatic amines is 1. The zero-order valence-corrected chi connectivity index (χ0v) is 18.8. The average molecular weight is 473 g/mol. The number of anilines is 2. The van der Waals surface area contributed by atoms with Crippen LogP contribution in [0.1, 0.15) is 0 Å². The lowest BCUT2D eigenvalue weighted by molar-refractivity contribution is 0.262. The van der Waals surface area contributed by atoms with Crippen molar-refractivity contribution in [2.24, 2.45) is 0 Å². The number of ether oxygens (including phenoxy) is 1. The fraction of sp³-hybridized carbons (Fsp3) is 0. The minimum absolute atomic E-state index is 0.342. The second-order valence-electron chi connectivity index (χ2n) is 7.97. The Hall–Kier alpha value is -5.31. The smallest absolute Gasteiger partial charge is 0.323 e. The number of benzene rings is 3. The predicted molar refractivity (Wildman–Crippen MR) is 138 cm³/mol. The number of nitrogens with zero attached hydrogens (tertiary/aromatic N) is 4. The first-order valence-corrected chi connectivity index (χ1v) is 11.2. The quantitative estimate of drug-likeness (QED) is 0.282. The van der Waals surface area contributed by atoms with Gasteiger partial charge in [-0.15, -0.1) is 0 Å². The SMILES string of the molecule is O=C(Nc1ccc(Oc2ccccc2-c2ncnc3[nH]ncc23)cc1)Nc1ccc2ncccc2c1. The number of urea groups is 1. The molecule has 0 aliphatic heterocycles. The lowest BCUT2D eigenvalue weighted by Crippen LogP contribution is -2.19. The molecule has 9 heteroatoms. The van der Waals surface area contributed by atoms with Crippen molar-refractivity contribution in [3.8, 4) is 22.8 Å². The van der Waals surface area contributed by atoms with E-state index in [1.54, 1.807) is 36.7 Å². The molecule has 36 heavy (non-hydrogen) atoms. The number of carbonyl (C=O) groups excluding carboxylic acids is 1. The molecule has 0 aliphatic rings. The maximum atomic E-state index is 12.5. The Balaban J connectivity index is 1.16. The summed E-state index contributed by atoms with van der Waals surface area (Å²) in [5.74, 6) is 1.26. The highest BCUT2D eigenvalue weighted by molar-refractivity contribution is 6.01. The van der Waals surface area contributed by atoms with Crippen molar-refractivity contribution in [1.29, 1.82) is 0 Å². The Labute approximate surface area is 205 Å². The van der Waals surface area contributed by atoms with Crippen molar-refractivity contribution in [2.45, 2.75) is 0 Å². The van der Waals surface area contributed by atoms with E-state index in [0.717, 1.165) is 27.5 Å². The minimum atomic E-state index is -0.342. The summed E-state index contributed by atoms with van der Waals surface area (Å²) in [7, 11) is 0. The summed E-state index contributed by atoms with van der Waals surface area (Å²) < 4.78 is 6.16. The second-order valence-corrected chi connectivity index (χ2v) is 7.97. The number of H-pyrrole nitrogens is 1. The van der Waals surface area contributed by atoms with Crippen molar-refractivity contribution < 1.29 is 9.53 Å². The molecular formula is C27H19N7O2. The van der Waals surface area contributed by atoms with Crippen LogP contribution < -0.4 is 15.4 Å². The van der Waals surface area contributed by atoms with Crippen molar-refractivity contribution in [2.75, 3.05) is 10.6 Å².